The predicted octanol–water partition coefficient (Wildman–Crippen LogP) is 10.1. The van der Waals surface area contributed by atoms with Crippen LogP contribution in [0.25, 0.3) is 0 Å². The van der Waals surface area contributed by atoms with Crippen LogP contribution < -0.4 is 0 Å². The van der Waals surface area contributed by atoms with Gasteiger partial charge in [-0.1, -0.05) is 117 Å². The fourth-order valence-electron chi connectivity index (χ4n) is 3.29. The van der Waals surface area contributed by atoms with Crippen molar-refractivity contribution in [2.24, 2.45) is 0 Å². The van der Waals surface area contributed by atoms with E-state index in [1.165, 1.54) is 77.0 Å². The fraction of sp³-hybridized carbons (Fsp3) is 1.00. The molecule has 0 aliphatic carbocycles. The molecule has 7 heteroatoms. The van der Waals surface area contributed by atoms with Gasteiger partial charge in [0, 0.05) is 0 Å². The minimum atomic E-state index is -3.40. The first-order valence-corrected chi connectivity index (χ1v) is 16.4. The topological polar surface area (TPSA) is 54.0 Å². The van der Waals surface area contributed by atoms with Crippen LogP contribution >= 0.6 is 7.82 Å². The summed E-state index contributed by atoms with van der Waals surface area (Å²) >= 11 is 1.70. The third-order valence-electron chi connectivity index (χ3n) is 5.48. The molecule has 0 aromatic carbocycles. The second kappa shape index (κ2) is 30.0. The van der Waals surface area contributed by atoms with Crippen LogP contribution in [-0.2, 0) is 42.3 Å². The van der Waals surface area contributed by atoms with Gasteiger partial charge < -0.3 is 0 Å². The molecular weight excluding hydrogens is 483 g/mol. The molecule has 0 radical (unpaired) electrons. The molecule has 34 heavy (non-hydrogen) atoms. The van der Waals surface area contributed by atoms with Gasteiger partial charge in [0.05, 0.1) is 19.8 Å². The van der Waals surface area contributed by atoms with Gasteiger partial charge in [0.1, 0.15) is 0 Å². The Balaban J connectivity index is 0. The number of phosphoric ester groups is 1. The predicted molar refractivity (Wildman–Crippen MR) is 142 cm³/mol. The molecule has 0 N–H and O–H groups in total. The third kappa shape index (κ3) is 30.8. The Kier molecular flexibility index (Phi) is 32.6. The van der Waals surface area contributed by atoms with Crippen LogP contribution in [0.2, 0.25) is 0 Å². The van der Waals surface area contributed by atoms with E-state index in [-0.39, 0.29) is 0 Å². The van der Waals surface area contributed by atoms with E-state index < -0.39 is 7.82 Å². The van der Waals surface area contributed by atoms with Gasteiger partial charge in [-0.2, -0.15) is 0 Å². The molecule has 0 saturated heterocycles. The smallest absolute Gasteiger partial charge is 0.287 e. The molecule has 0 aliphatic rings. The molecule has 0 saturated carbocycles. The summed E-state index contributed by atoms with van der Waals surface area (Å²) in [5.74, 6) is 0. The van der Waals surface area contributed by atoms with Crippen molar-refractivity contribution in [1.29, 1.82) is 0 Å². The van der Waals surface area contributed by atoms with Crippen LogP contribution in [0, 0.1) is 0 Å². The molecule has 0 aliphatic heterocycles. The number of phosphoric acid groups is 1. The largest absolute Gasteiger partial charge is 0.474 e. The van der Waals surface area contributed by atoms with Crippen molar-refractivity contribution in [3.63, 3.8) is 0 Å². The Labute approximate surface area is 225 Å². The van der Waals surface area contributed by atoms with Gasteiger partial charge in [0.2, 0.25) is 0 Å². The van der Waals surface area contributed by atoms with Gasteiger partial charge in [-0.25, -0.2) is 4.57 Å². The van der Waals surface area contributed by atoms with Gasteiger partial charge in [-0.05, 0) is 19.3 Å². The van der Waals surface area contributed by atoms with E-state index >= 15 is 0 Å². The quantitative estimate of drug-likeness (QED) is 0.0654. The molecule has 5 nitrogen and oxygen atoms in total. The summed E-state index contributed by atoms with van der Waals surface area (Å²) in [6.45, 7) is 12.1. The van der Waals surface area contributed by atoms with Crippen molar-refractivity contribution < 1.29 is 42.3 Å². The van der Waals surface area contributed by atoms with Crippen LogP contribution in [0.1, 0.15) is 150 Å². The van der Waals surface area contributed by atoms with E-state index in [2.05, 4.69) is 20.8 Å². The van der Waals surface area contributed by atoms with Crippen molar-refractivity contribution in [1.82, 2.24) is 0 Å². The molecule has 0 heterocycles. The Morgan fingerprint density at radius 1 is 0.529 bits per heavy atom. The standard InChI is InChI=1S/C24H51O4P.C3H7O.Ti/c1-4-7-10-13-16-19-22-26-29(25,27-23-20-17-14-11-8-5-2)28-24-21-18-15-12-9-6-3;1-3(2)4;/h4-24H2,1-3H3;3H,1-2H3;/q;-1;+1. The zero-order valence-corrected chi connectivity index (χ0v) is 25.9. The van der Waals surface area contributed by atoms with Crippen molar-refractivity contribution >= 4 is 7.82 Å². The molecular formula is C27H58O5PTi. The van der Waals surface area contributed by atoms with Gasteiger partial charge >= 0.3 is 51.9 Å². The third-order valence-corrected chi connectivity index (χ3v) is 7.71. The zero-order valence-electron chi connectivity index (χ0n) is 23.4. The summed E-state index contributed by atoms with van der Waals surface area (Å²) in [5.41, 5.74) is 0. The molecule has 0 unspecified atom stereocenters. The maximum atomic E-state index is 13.0. The molecule has 0 amide bonds. The first-order chi connectivity index (χ1) is 16.5. The van der Waals surface area contributed by atoms with Crippen LogP contribution in [0.3, 0.4) is 0 Å². The minimum Gasteiger partial charge on any atom is -0.287 e. The summed E-state index contributed by atoms with van der Waals surface area (Å²) in [4.78, 5) is 0. The zero-order chi connectivity index (χ0) is 25.8. The van der Waals surface area contributed by atoms with E-state index in [0.717, 1.165) is 38.5 Å². The van der Waals surface area contributed by atoms with Crippen molar-refractivity contribution in [3.8, 4) is 0 Å². The molecule has 0 aromatic rings. The molecule has 0 bridgehead atoms. The van der Waals surface area contributed by atoms with Crippen molar-refractivity contribution in [2.45, 2.75) is 156 Å². The van der Waals surface area contributed by atoms with Crippen LogP contribution in [0.5, 0.6) is 0 Å². The number of hydrogen-bond donors (Lipinski definition) is 0. The van der Waals surface area contributed by atoms with Crippen LogP contribution in [-0.4, -0.2) is 25.9 Å². The first-order valence-electron chi connectivity index (χ1n) is 14.3. The van der Waals surface area contributed by atoms with Gasteiger partial charge in [-0.3, -0.25) is 13.6 Å². The van der Waals surface area contributed by atoms with Crippen molar-refractivity contribution in [2.75, 3.05) is 19.8 Å². The Bertz CT molecular complexity index is 372. The van der Waals surface area contributed by atoms with Crippen LogP contribution in [0.4, 0.5) is 0 Å². The molecule has 0 atom stereocenters. The average Bonchev–Trinajstić information content (AvgIpc) is 2.83. The molecule has 205 valence electrons. The van der Waals surface area contributed by atoms with Crippen molar-refractivity contribution in [3.05, 3.63) is 0 Å². The second-order valence-electron chi connectivity index (χ2n) is 9.42. The Hall–Kier alpha value is 0.784. The van der Waals surface area contributed by atoms with E-state index in [0.29, 0.717) is 25.9 Å². The van der Waals surface area contributed by atoms with E-state index in [4.69, 9.17) is 16.9 Å². The summed E-state index contributed by atoms with van der Waals surface area (Å²) in [6.07, 6.45) is 21.7. The maximum absolute atomic E-state index is 13.0. The second-order valence-corrected chi connectivity index (χ2v) is 11.5. The van der Waals surface area contributed by atoms with E-state index in [9.17, 15) is 4.57 Å². The Morgan fingerprint density at radius 3 is 1.00 bits per heavy atom. The first kappa shape index (κ1) is 36.9. The average molecular weight is 542 g/mol. The summed E-state index contributed by atoms with van der Waals surface area (Å²) in [5, 5.41) is 0. The number of rotatable bonds is 25. The summed E-state index contributed by atoms with van der Waals surface area (Å²) in [7, 11) is -3.40. The summed E-state index contributed by atoms with van der Waals surface area (Å²) in [6, 6.07) is 0. The normalized spacial score (nSPS) is 11.6. The maximum Gasteiger partial charge on any atom is 0.474 e. The van der Waals surface area contributed by atoms with Crippen LogP contribution in [0.15, 0.2) is 0 Å². The molecule has 0 fully saturated rings. The van der Waals surface area contributed by atoms with E-state index in [1.54, 1.807) is 20.8 Å². The Morgan fingerprint density at radius 2 is 0.765 bits per heavy atom. The summed E-state index contributed by atoms with van der Waals surface area (Å²) < 4.78 is 34.6. The fourth-order valence-corrected chi connectivity index (χ4v) is 4.57. The van der Waals surface area contributed by atoms with Gasteiger partial charge in [-0.15, -0.1) is 0 Å². The molecule has 0 spiro atoms. The molecule has 0 aromatic heterocycles. The molecule has 0 rings (SSSR count). The monoisotopic (exact) mass is 541 g/mol. The number of hydrogen-bond acceptors (Lipinski definition) is 5. The SMILES string of the molecule is CC(C)[O][Ti].CCCCCCCCOP(=O)(OCCCCCCCC)OCCCCCCCC. The van der Waals surface area contributed by atoms with Gasteiger partial charge in [0.15, 0.2) is 0 Å². The van der Waals surface area contributed by atoms with E-state index in [1.807, 2.05) is 13.8 Å². The van der Waals surface area contributed by atoms with Gasteiger partial charge in [0.25, 0.3) is 0 Å². The number of unbranched alkanes of at least 4 members (excludes halogenated alkanes) is 15. The minimum absolute atomic E-state index is 0.384.